The highest BCUT2D eigenvalue weighted by atomic mass is 16.5. The number of Topliss-reactive ketones (excluding diaryl/α,β-unsaturated/α-hetero) is 1. The number of carbonyl (C=O) groups excluding carboxylic acids is 2. The quantitative estimate of drug-likeness (QED) is 0.261. The van der Waals surface area contributed by atoms with Crippen LogP contribution in [-0.4, -0.2) is 42.1 Å². The number of allylic oxidation sites excluding steroid dienone is 1. The summed E-state index contributed by atoms with van der Waals surface area (Å²) < 4.78 is 11.0. The van der Waals surface area contributed by atoms with Crippen molar-refractivity contribution in [2.45, 2.75) is 38.9 Å². The van der Waals surface area contributed by atoms with Gasteiger partial charge in [0.1, 0.15) is 11.4 Å². The normalized spacial score (nSPS) is 13.5. The molecule has 5 nitrogen and oxygen atoms in total. The summed E-state index contributed by atoms with van der Waals surface area (Å²) in [5.74, 6) is -1.01. The third-order valence-electron chi connectivity index (χ3n) is 5.33. The molecule has 0 saturated heterocycles. The highest BCUT2D eigenvalue weighted by Crippen LogP contribution is 2.35. The van der Waals surface area contributed by atoms with Crippen molar-refractivity contribution in [3.63, 3.8) is 0 Å². The van der Waals surface area contributed by atoms with E-state index in [1.54, 1.807) is 76.2 Å². The van der Waals surface area contributed by atoms with Crippen molar-refractivity contribution in [1.82, 2.24) is 0 Å². The first kappa shape index (κ1) is 24.3. The molecule has 0 bridgehead atoms. The maximum Gasteiger partial charge on any atom is 0.198 e. The van der Waals surface area contributed by atoms with Crippen LogP contribution >= 0.6 is 0 Å². The van der Waals surface area contributed by atoms with E-state index in [1.165, 1.54) is 20.3 Å². The molecule has 0 aliphatic rings. The van der Waals surface area contributed by atoms with Crippen LogP contribution in [0, 0.1) is 0 Å². The van der Waals surface area contributed by atoms with Gasteiger partial charge >= 0.3 is 0 Å². The molecule has 164 valence electrons. The fourth-order valence-electron chi connectivity index (χ4n) is 2.97. The lowest BCUT2D eigenvalue weighted by Gasteiger charge is -2.32. The molecule has 1 N–H and O–H groups in total. The Morgan fingerprint density at radius 2 is 1.23 bits per heavy atom. The predicted octanol–water partition coefficient (Wildman–Crippen LogP) is 5.18. The van der Waals surface area contributed by atoms with Crippen LogP contribution in [0.3, 0.4) is 0 Å². The number of aliphatic hydroxyl groups is 1. The summed E-state index contributed by atoms with van der Waals surface area (Å²) in [7, 11) is 2.92. The molecule has 0 unspecified atom stereocenters. The first-order chi connectivity index (χ1) is 14.5. The van der Waals surface area contributed by atoms with Gasteiger partial charge in [0.15, 0.2) is 11.6 Å². The highest BCUT2D eigenvalue weighted by Gasteiger charge is 2.39. The van der Waals surface area contributed by atoms with Crippen molar-refractivity contribution in [3.8, 4) is 0 Å². The summed E-state index contributed by atoms with van der Waals surface area (Å²) in [6, 6.07) is 17.4. The summed E-state index contributed by atoms with van der Waals surface area (Å²) in [6.07, 6.45) is 1.36. The van der Waals surface area contributed by atoms with Crippen LogP contribution in [0.5, 0.6) is 0 Å². The van der Waals surface area contributed by atoms with Crippen LogP contribution in [0.2, 0.25) is 0 Å². The van der Waals surface area contributed by atoms with E-state index in [-0.39, 0.29) is 22.7 Å². The highest BCUT2D eigenvalue weighted by molar-refractivity contribution is 6.13. The van der Waals surface area contributed by atoms with Crippen molar-refractivity contribution < 1.29 is 24.2 Å². The second kappa shape index (κ2) is 9.86. The van der Waals surface area contributed by atoms with Gasteiger partial charge in [0, 0.05) is 30.9 Å². The van der Waals surface area contributed by atoms with Gasteiger partial charge in [-0.05, 0) is 33.8 Å². The Morgan fingerprint density at radius 3 is 1.68 bits per heavy atom. The SMILES string of the molecule is COC(C)(C)C(=O)C(C(=CC(=O)c1ccccc1)C(C)(C)OC)=C(O)c1ccccc1. The topological polar surface area (TPSA) is 72.8 Å². The Labute approximate surface area is 184 Å². The number of carbonyl (C=O) groups is 2. The number of rotatable bonds is 9. The Kier molecular flexibility index (Phi) is 7.71. The van der Waals surface area contributed by atoms with Crippen LogP contribution in [0.25, 0.3) is 5.76 Å². The molecule has 5 heteroatoms. The Balaban J connectivity index is 2.83. The van der Waals surface area contributed by atoms with Crippen molar-refractivity contribution >= 4 is 17.3 Å². The van der Waals surface area contributed by atoms with E-state index in [9.17, 15) is 14.7 Å². The van der Waals surface area contributed by atoms with Crippen LogP contribution in [0.4, 0.5) is 0 Å². The van der Waals surface area contributed by atoms with Gasteiger partial charge in [-0.25, -0.2) is 0 Å². The molecule has 0 saturated carbocycles. The van der Waals surface area contributed by atoms with Crippen molar-refractivity contribution in [2.75, 3.05) is 14.2 Å². The fourth-order valence-corrected chi connectivity index (χ4v) is 2.97. The summed E-state index contributed by atoms with van der Waals surface area (Å²) in [5, 5.41) is 11.2. The van der Waals surface area contributed by atoms with Crippen molar-refractivity contribution in [2.24, 2.45) is 0 Å². The van der Waals surface area contributed by atoms with Gasteiger partial charge in [-0.15, -0.1) is 0 Å². The molecule has 31 heavy (non-hydrogen) atoms. The second-order valence-corrected chi connectivity index (χ2v) is 8.14. The van der Waals surface area contributed by atoms with E-state index >= 15 is 0 Å². The van der Waals surface area contributed by atoms with E-state index in [0.717, 1.165) is 0 Å². The Morgan fingerprint density at radius 1 is 0.774 bits per heavy atom. The first-order valence-electron chi connectivity index (χ1n) is 10.0. The molecule has 0 heterocycles. The molecule has 0 spiro atoms. The molecule has 2 rings (SSSR count). The number of ether oxygens (including phenoxy) is 2. The Hall–Kier alpha value is -3.02. The zero-order valence-electron chi connectivity index (χ0n) is 18.9. The van der Waals surface area contributed by atoms with Crippen molar-refractivity contribution in [1.29, 1.82) is 0 Å². The van der Waals surface area contributed by atoms with Gasteiger partial charge in [-0.3, -0.25) is 9.59 Å². The second-order valence-electron chi connectivity index (χ2n) is 8.14. The molecule has 0 aliphatic carbocycles. The molecule has 2 aromatic rings. The summed E-state index contributed by atoms with van der Waals surface area (Å²) >= 11 is 0. The summed E-state index contributed by atoms with van der Waals surface area (Å²) in [4.78, 5) is 26.6. The van der Waals surface area contributed by atoms with E-state index in [1.807, 2.05) is 12.1 Å². The molecule has 0 atom stereocenters. The fraction of sp³-hybridized carbons (Fsp3) is 0.308. The third-order valence-corrected chi connectivity index (χ3v) is 5.33. The number of hydrogen-bond acceptors (Lipinski definition) is 5. The number of hydrogen-bond donors (Lipinski definition) is 1. The molecule has 2 aromatic carbocycles. The smallest absolute Gasteiger partial charge is 0.198 e. The zero-order chi connectivity index (χ0) is 23.2. The number of methoxy groups -OCH3 is 2. The molecule has 0 aromatic heterocycles. The van der Waals surface area contributed by atoms with Crippen LogP contribution < -0.4 is 0 Å². The summed E-state index contributed by atoms with van der Waals surface area (Å²) in [6.45, 7) is 6.71. The number of ketones is 2. The maximum absolute atomic E-state index is 13.6. The lowest BCUT2D eigenvalue weighted by molar-refractivity contribution is -0.133. The van der Waals surface area contributed by atoms with E-state index in [4.69, 9.17) is 9.47 Å². The molecule has 0 fully saturated rings. The van der Waals surface area contributed by atoms with Gasteiger partial charge in [0.25, 0.3) is 0 Å². The monoisotopic (exact) mass is 422 g/mol. The van der Waals surface area contributed by atoms with Gasteiger partial charge in [0.05, 0.1) is 11.2 Å². The van der Waals surface area contributed by atoms with E-state index in [2.05, 4.69) is 0 Å². The van der Waals surface area contributed by atoms with E-state index in [0.29, 0.717) is 11.1 Å². The molecular weight excluding hydrogens is 392 g/mol. The zero-order valence-corrected chi connectivity index (χ0v) is 18.9. The summed E-state index contributed by atoms with van der Waals surface area (Å²) in [5.41, 5.74) is -1.14. The van der Waals surface area contributed by atoms with Gasteiger partial charge in [-0.2, -0.15) is 0 Å². The minimum Gasteiger partial charge on any atom is -0.507 e. The van der Waals surface area contributed by atoms with Crippen LogP contribution in [0.15, 0.2) is 77.9 Å². The number of aliphatic hydroxyl groups excluding tert-OH is 1. The van der Waals surface area contributed by atoms with Crippen LogP contribution in [0.1, 0.15) is 43.6 Å². The molecule has 0 radical (unpaired) electrons. The third kappa shape index (κ3) is 5.57. The largest absolute Gasteiger partial charge is 0.507 e. The predicted molar refractivity (Wildman–Crippen MR) is 122 cm³/mol. The minimum atomic E-state index is -1.24. The van der Waals surface area contributed by atoms with E-state index < -0.39 is 17.0 Å². The standard InChI is InChI=1S/C26H30O5/c1-25(2,30-5)20(17-21(27)18-13-9-7-10-14-18)22(24(29)26(3,4)31-6)23(28)19-15-11-8-12-16-19/h7-17,28H,1-6H3. The average Bonchev–Trinajstić information content (AvgIpc) is 2.79. The lowest BCUT2D eigenvalue weighted by atomic mass is 9.81. The van der Waals surface area contributed by atoms with Gasteiger partial charge in [0.2, 0.25) is 0 Å². The first-order valence-corrected chi connectivity index (χ1v) is 10.0. The van der Waals surface area contributed by atoms with Crippen molar-refractivity contribution in [3.05, 3.63) is 89.0 Å². The Bertz CT molecular complexity index is 983. The molecule has 0 aliphatic heterocycles. The van der Waals surface area contributed by atoms with Crippen LogP contribution in [-0.2, 0) is 14.3 Å². The number of benzene rings is 2. The van der Waals surface area contributed by atoms with Gasteiger partial charge in [-0.1, -0.05) is 60.7 Å². The maximum atomic E-state index is 13.6. The molecular formula is C26H30O5. The molecule has 0 amide bonds. The minimum absolute atomic E-state index is 0.0193. The van der Waals surface area contributed by atoms with Gasteiger partial charge < -0.3 is 14.6 Å². The average molecular weight is 423 g/mol. The lowest BCUT2D eigenvalue weighted by Crippen LogP contribution is -2.39.